The smallest absolute Gasteiger partial charge is 0.279 e. The number of thioether (sulfide) groups is 1. The molecule has 0 heterocycles. The van der Waals surface area contributed by atoms with Gasteiger partial charge in [-0.2, -0.15) is 0 Å². The van der Waals surface area contributed by atoms with Gasteiger partial charge in [0.15, 0.2) is 6.54 Å². The molecule has 0 aromatic heterocycles. The van der Waals surface area contributed by atoms with Gasteiger partial charge in [-0.05, 0) is 36.6 Å². The van der Waals surface area contributed by atoms with Gasteiger partial charge in [0.2, 0.25) is 0 Å². The van der Waals surface area contributed by atoms with E-state index in [2.05, 4.69) is 29.6 Å². The van der Waals surface area contributed by atoms with Crippen molar-refractivity contribution in [2.24, 2.45) is 0 Å². The fourth-order valence-electron chi connectivity index (χ4n) is 2.20. The first-order valence-corrected chi connectivity index (χ1v) is 8.29. The number of carbonyl (C=O) groups excluding carboxylic acids is 1. The summed E-state index contributed by atoms with van der Waals surface area (Å²) in [7, 11) is 1.97. The quantitative estimate of drug-likeness (QED) is 0.801. The minimum absolute atomic E-state index is 0.121. The van der Waals surface area contributed by atoms with E-state index in [1.54, 1.807) is 23.9 Å². The van der Waals surface area contributed by atoms with Gasteiger partial charge in [-0.15, -0.1) is 11.8 Å². The van der Waals surface area contributed by atoms with E-state index in [-0.39, 0.29) is 11.7 Å². The van der Waals surface area contributed by atoms with Gasteiger partial charge in [-0.3, -0.25) is 4.79 Å². The van der Waals surface area contributed by atoms with E-state index >= 15 is 0 Å². The molecule has 2 aromatic rings. The van der Waals surface area contributed by atoms with Crippen molar-refractivity contribution < 1.29 is 14.1 Å². The van der Waals surface area contributed by atoms with Gasteiger partial charge in [-0.25, -0.2) is 4.39 Å². The van der Waals surface area contributed by atoms with Crippen LogP contribution in [0.5, 0.6) is 0 Å². The summed E-state index contributed by atoms with van der Waals surface area (Å²) in [5, 5.41) is 2.71. The Morgan fingerprint density at radius 1 is 1.23 bits per heavy atom. The lowest BCUT2D eigenvalue weighted by Crippen LogP contribution is -3.08. The molecule has 5 heteroatoms. The van der Waals surface area contributed by atoms with Gasteiger partial charge < -0.3 is 10.2 Å². The van der Waals surface area contributed by atoms with E-state index in [1.165, 1.54) is 22.6 Å². The van der Waals surface area contributed by atoms with E-state index in [1.807, 2.05) is 13.3 Å². The summed E-state index contributed by atoms with van der Waals surface area (Å²) in [6.45, 7) is 1.10. The van der Waals surface area contributed by atoms with Crippen molar-refractivity contribution in [1.29, 1.82) is 0 Å². The molecule has 1 atom stereocenters. The molecule has 0 bridgehead atoms. The molecule has 116 valence electrons. The topological polar surface area (TPSA) is 33.5 Å². The molecule has 2 rings (SSSR count). The molecule has 0 fully saturated rings. The van der Waals surface area contributed by atoms with Crippen LogP contribution in [-0.2, 0) is 11.3 Å². The molecule has 22 heavy (non-hydrogen) atoms. The van der Waals surface area contributed by atoms with Crippen LogP contribution in [0, 0.1) is 5.82 Å². The minimum Gasteiger partial charge on any atom is -0.326 e. The van der Waals surface area contributed by atoms with Crippen LogP contribution in [0.15, 0.2) is 53.4 Å². The Morgan fingerprint density at radius 3 is 2.59 bits per heavy atom. The van der Waals surface area contributed by atoms with Crippen LogP contribution in [0.1, 0.15) is 5.56 Å². The van der Waals surface area contributed by atoms with Crippen molar-refractivity contribution in [3.63, 3.8) is 0 Å². The second kappa shape index (κ2) is 7.96. The Balaban J connectivity index is 1.85. The van der Waals surface area contributed by atoms with Gasteiger partial charge >= 0.3 is 0 Å². The third kappa shape index (κ3) is 5.16. The van der Waals surface area contributed by atoms with E-state index < -0.39 is 0 Å². The van der Waals surface area contributed by atoms with Crippen LogP contribution >= 0.6 is 11.8 Å². The number of benzene rings is 2. The van der Waals surface area contributed by atoms with Crippen molar-refractivity contribution in [3.05, 3.63) is 59.9 Å². The van der Waals surface area contributed by atoms with E-state index in [4.69, 9.17) is 0 Å². The lowest BCUT2D eigenvalue weighted by molar-refractivity contribution is -0.885. The second-order valence-corrected chi connectivity index (χ2v) is 6.10. The first kappa shape index (κ1) is 16.5. The molecule has 0 spiro atoms. The normalized spacial score (nSPS) is 12.0. The fraction of sp³-hybridized carbons (Fsp3) is 0.235. The molecule has 0 radical (unpaired) electrons. The molecule has 0 aliphatic rings. The molecule has 2 N–H and O–H groups in total. The number of quaternary nitrogens is 1. The third-order valence-electron chi connectivity index (χ3n) is 3.24. The van der Waals surface area contributed by atoms with Gasteiger partial charge in [0.1, 0.15) is 12.4 Å². The Morgan fingerprint density at radius 2 is 1.95 bits per heavy atom. The number of nitrogens with one attached hydrogen (secondary N) is 2. The summed E-state index contributed by atoms with van der Waals surface area (Å²) in [4.78, 5) is 14.3. The van der Waals surface area contributed by atoms with Crippen LogP contribution in [0.3, 0.4) is 0 Å². The highest BCUT2D eigenvalue weighted by Crippen LogP contribution is 2.14. The Bertz CT molecular complexity index is 631. The zero-order chi connectivity index (χ0) is 15.9. The van der Waals surface area contributed by atoms with Crippen LogP contribution in [-0.4, -0.2) is 25.8 Å². The predicted molar refractivity (Wildman–Crippen MR) is 88.7 cm³/mol. The third-order valence-corrected chi connectivity index (χ3v) is 3.98. The Hall–Kier alpha value is -1.85. The fourth-order valence-corrected chi connectivity index (χ4v) is 2.61. The average molecular weight is 319 g/mol. The van der Waals surface area contributed by atoms with Gasteiger partial charge in [0.05, 0.1) is 7.05 Å². The molecule has 0 saturated carbocycles. The van der Waals surface area contributed by atoms with Crippen molar-refractivity contribution in [2.75, 3.05) is 25.2 Å². The molecule has 3 nitrogen and oxygen atoms in total. The molecule has 1 amide bonds. The van der Waals surface area contributed by atoms with Gasteiger partial charge in [-0.1, -0.05) is 18.2 Å². The second-order valence-electron chi connectivity index (χ2n) is 5.22. The number of likely N-dealkylation sites (N-methyl/N-ethyl adjacent to an activating group) is 1. The maximum Gasteiger partial charge on any atom is 0.279 e. The average Bonchev–Trinajstić information content (AvgIpc) is 2.47. The van der Waals surface area contributed by atoms with Crippen LogP contribution in [0.2, 0.25) is 0 Å². The van der Waals surface area contributed by atoms with Crippen LogP contribution in [0.4, 0.5) is 10.1 Å². The zero-order valence-electron chi connectivity index (χ0n) is 12.7. The maximum atomic E-state index is 13.1. The van der Waals surface area contributed by atoms with Gasteiger partial charge in [0.25, 0.3) is 5.91 Å². The number of carbonyl (C=O) groups is 1. The number of rotatable bonds is 6. The standard InChI is InChI=1S/C17H19FN2OS/c1-20(11-13-6-8-16(22-2)9-7-13)12-17(21)19-15-5-3-4-14(18)10-15/h3-10H,11-12H2,1-2H3,(H,19,21)/p+1. The summed E-state index contributed by atoms with van der Waals surface area (Å²) in [5.41, 5.74) is 1.68. The number of hydrogen-bond donors (Lipinski definition) is 2. The first-order chi connectivity index (χ1) is 10.6. The van der Waals surface area contributed by atoms with E-state index in [0.29, 0.717) is 12.2 Å². The molecule has 0 saturated heterocycles. The van der Waals surface area contributed by atoms with E-state index in [9.17, 15) is 9.18 Å². The summed E-state index contributed by atoms with van der Waals surface area (Å²) >= 11 is 1.71. The van der Waals surface area contributed by atoms with Crippen LogP contribution in [0.25, 0.3) is 0 Å². The summed E-state index contributed by atoms with van der Waals surface area (Å²) in [6.07, 6.45) is 2.04. The summed E-state index contributed by atoms with van der Waals surface area (Å²) in [5.74, 6) is -0.476. The molecule has 0 aliphatic heterocycles. The van der Waals surface area contributed by atoms with Gasteiger partial charge in [0, 0.05) is 16.1 Å². The Kier molecular flexibility index (Phi) is 5.98. The lowest BCUT2D eigenvalue weighted by Gasteiger charge is -2.14. The maximum absolute atomic E-state index is 13.1. The SMILES string of the molecule is CSc1ccc(C[NH+](C)CC(=O)Nc2cccc(F)c2)cc1. The van der Waals surface area contributed by atoms with Crippen molar-refractivity contribution in [2.45, 2.75) is 11.4 Å². The predicted octanol–water partition coefficient (Wildman–Crippen LogP) is 2.20. The highest BCUT2D eigenvalue weighted by atomic mass is 32.2. The monoisotopic (exact) mass is 319 g/mol. The molecule has 1 unspecified atom stereocenters. The molecular formula is C17H20FN2OS+. The number of hydrogen-bond acceptors (Lipinski definition) is 2. The minimum atomic E-state index is -0.354. The molecule has 2 aromatic carbocycles. The van der Waals surface area contributed by atoms with Crippen molar-refractivity contribution in [1.82, 2.24) is 0 Å². The van der Waals surface area contributed by atoms with E-state index in [0.717, 1.165) is 11.4 Å². The van der Waals surface area contributed by atoms with Crippen molar-refractivity contribution in [3.8, 4) is 0 Å². The van der Waals surface area contributed by atoms with Crippen molar-refractivity contribution >= 4 is 23.4 Å². The zero-order valence-corrected chi connectivity index (χ0v) is 13.5. The molecule has 0 aliphatic carbocycles. The largest absolute Gasteiger partial charge is 0.326 e. The van der Waals surface area contributed by atoms with Crippen LogP contribution < -0.4 is 10.2 Å². The summed E-state index contributed by atoms with van der Waals surface area (Å²) < 4.78 is 13.1. The Labute approximate surface area is 134 Å². The number of halogens is 1. The highest BCUT2D eigenvalue weighted by molar-refractivity contribution is 7.98. The number of anilines is 1. The molecular weight excluding hydrogens is 299 g/mol. The lowest BCUT2D eigenvalue weighted by atomic mass is 10.2. The summed E-state index contributed by atoms with van der Waals surface area (Å²) in [6, 6.07) is 14.3. The number of amides is 1. The highest BCUT2D eigenvalue weighted by Gasteiger charge is 2.11. The first-order valence-electron chi connectivity index (χ1n) is 7.06.